The number of benzene rings is 1. The molecule has 1 aromatic carbocycles. The summed E-state index contributed by atoms with van der Waals surface area (Å²) in [4.78, 5) is 61.4. The molecule has 2 spiro atoms. The van der Waals surface area contributed by atoms with Gasteiger partial charge in [0.15, 0.2) is 0 Å². The van der Waals surface area contributed by atoms with Gasteiger partial charge in [-0.3, -0.25) is 14.5 Å². The molecule has 5 aliphatic heterocycles. The lowest BCUT2D eigenvalue weighted by molar-refractivity contribution is -0.211. The van der Waals surface area contributed by atoms with Gasteiger partial charge in [0.05, 0.1) is 11.7 Å². The molecule has 7 rings (SSSR count). The maximum absolute atomic E-state index is 14.7. The highest BCUT2D eigenvalue weighted by Crippen LogP contribution is 2.68. The Labute approximate surface area is 236 Å². The van der Waals surface area contributed by atoms with E-state index in [9.17, 15) is 19.2 Å². The summed E-state index contributed by atoms with van der Waals surface area (Å²) in [5.74, 6) is -1.14. The van der Waals surface area contributed by atoms with E-state index < -0.39 is 39.9 Å². The average Bonchev–Trinajstić information content (AvgIpc) is 3.39. The number of hydrogen-bond donors (Lipinski definition) is 0. The Morgan fingerprint density at radius 3 is 2.17 bits per heavy atom. The van der Waals surface area contributed by atoms with Crippen LogP contribution in [0.5, 0.6) is 0 Å². The topological polar surface area (TPSA) is 96.5 Å². The van der Waals surface area contributed by atoms with Crippen molar-refractivity contribution in [1.82, 2.24) is 9.80 Å². The standard InChI is InChI=1S/C31H41N3O6/c1-27(2,3)39-25(37)33-20-13-10-9-12-18(20)19-16-31-21(29(7,8)22(19)33)17-30(14-11-15-32(30)24(31)36)23(35)34(31)26(38)40-28(4,5)6/h9-10,12-13,19,21-22H,11,14-17H2,1-8H3/t19-,21+,22+,30+,31+/m0/s1. The minimum absolute atomic E-state index is 0.161. The number of hydrogen-bond acceptors (Lipinski definition) is 6. The summed E-state index contributed by atoms with van der Waals surface area (Å²) < 4.78 is 11.7. The molecule has 5 atom stereocenters. The highest BCUT2D eigenvalue weighted by molar-refractivity contribution is 6.11. The third-order valence-corrected chi connectivity index (χ3v) is 9.84. The van der Waals surface area contributed by atoms with E-state index in [0.29, 0.717) is 25.8 Å². The molecule has 9 nitrogen and oxygen atoms in total. The molecule has 4 saturated heterocycles. The number of imide groups is 1. The van der Waals surface area contributed by atoms with Crippen molar-refractivity contribution in [3.05, 3.63) is 29.8 Å². The van der Waals surface area contributed by atoms with E-state index in [0.717, 1.165) is 11.3 Å². The number of rotatable bonds is 0. The van der Waals surface area contributed by atoms with Crippen LogP contribution in [0, 0.1) is 11.3 Å². The molecule has 4 amide bonds. The molecule has 0 unspecified atom stereocenters. The largest absolute Gasteiger partial charge is 0.443 e. The van der Waals surface area contributed by atoms with Crippen LogP contribution in [0.4, 0.5) is 15.3 Å². The Bertz CT molecular complexity index is 1320. The van der Waals surface area contributed by atoms with Crippen LogP contribution in [0.1, 0.15) is 92.6 Å². The molecule has 40 heavy (non-hydrogen) atoms. The second-order valence-electron chi connectivity index (χ2n) is 14.9. The number of piperidine rings is 2. The van der Waals surface area contributed by atoms with Crippen molar-refractivity contribution in [1.29, 1.82) is 0 Å². The molecule has 216 valence electrons. The zero-order chi connectivity index (χ0) is 29.2. The number of fused-ring (bicyclic) bond motifs is 4. The molecular formula is C31H41N3O6. The van der Waals surface area contributed by atoms with Gasteiger partial charge in [0.1, 0.15) is 22.3 Å². The van der Waals surface area contributed by atoms with E-state index in [-0.39, 0.29) is 36.1 Å². The first-order valence-electron chi connectivity index (χ1n) is 14.5. The van der Waals surface area contributed by atoms with Gasteiger partial charge in [0, 0.05) is 18.4 Å². The second kappa shape index (κ2) is 8.01. The van der Waals surface area contributed by atoms with E-state index in [1.54, 1.807) is 30.6 Å². The van der Waals surface area contributed by atoms with Crippen LogP contribution >= 0.6 is 0 Å². The van der Waals surface area contributed by atoms with Crippen molar-refractivity contribution in [3.63, 3.8) is 0 Å². The fourth-order valence-electron chi connectivity index (χ4n) is 8.64. The van der Waals surface area contributed by atoms with Crippen molar-refractivity contribution in [2.75, 3.05) is 11.4 Å². The molecule has 1 aliphatic carbocycles. The van der Waals surface area contributed by atoms with Crippen LogP contribution in [0.3, 0.4) is 0 Å². The first-order valence-corrected chi connectivity index (χ1v) is 14.5. The lowest BCUT2D eigenvalue weighted by atomic mass is 9.47. The number of para-hydroxylation sites is 1. The van der Waals surface area contributed by atoms with E-state index in [1.807, 2.05) is 45.0 Å². The van der Waals surface area contributed by atoms with Gasteiger partial charge in [-0.25, -0.2) is 14.5 Å². The van der Waals surface area contributed by atoms with Crippen molar-refractivity contribution in [2.24, 2.45) is 11.3 Å². The average molecular weight is 552 g/mol. The van der Waals surface area contributed by atoms with Gasteiger partial charge in [-0.15, -0.1) is 0 Å². The van der Waals surface area contributed by atoms with Gasteiger partial charge in [0.25, 0.3) is 5.91 Å². The van der Waals surface area contributed by atoms with Crippen LogP contribution in [0.15, 0.2) is 24.3 Å². The number of carbonyl (C=O) groups excluding carboxylic acids is 4. The Hall–Kier alpha value is -3.10. The lowest BCUT2D eigenvalue weighted by Crippen LogP contribution is -2.86. The summed E-state index contributed by atoms with van der Waals surface area (Å²) in [5, 5.41) is 0. The molecule has 1 saturated carbocycles. The molecule has 6 aliphatic rings. The second-order valence-corrected chi connectivity index (χ2v) is 14.9. The molecule has 1 aromatic rings. The minimum Gasteiger partial charge on any atom is -0.443 e. The number of amides is 4. The number of anilines is 1. The molecule has 0 N–H and O–H groups in total. The molecular weight excluding hydrogens is 510 g/mol. The number of piperazine rings is 1. The van der Waals surface area contributed by atoms with Crippen molar-refractivity contribution in [2.45, 2.75) is 115 Å². The summed E-state index contributed by atoms with van der Waals surface area (Å²) in [6.07, 6.45) is 0.742. The zero-order valence-electron chi connectivity index (χ0n) is 24.9. The summed E-state index contributed by atoms with van der Waals surface area (Å²) in [6, 6.07) is 7.41. The van der Waals surface area contributed by atoms with Crippen LogP contribution in [-0.4, -0.2) is 68.7 Å². The number of carbonyl (C=O) groups is 4. The van der Waals surface area contributed by atoms with Gasteiger partial charge in [-0.1, -0.05) is 32.0 Å². The Kier molecular flexibility index (Phi) is 5.42. The molecule has 0 radical (unpaired) electrons. The lowest BCUT2D eigenvalue weighted by Gasteiger charge is -2.69. The summed E-state index contributed by atoms with van der Waals surface area (Å²) in [6.45, 7) is 15.5. The van der Waals surface area contributed by atoms with E-state index in [1.165, 1.54) is 4.90 Å². The fourth-order valence-corrected chi connectivity index (χ4v) is 8.64. The van der Waals surface area contributed by atoms with Crippen molar-refractivity contribution >= 4 is 29.7 Å². The molecule has 9 heteroatoms. The number of ether oxygens (including phenoxy) is 2. The van der Waals surface area contributed by atoms with E-state index in [4.69, 9.17) is 9.47 Å². The van der Waals surface area contributed by atoms with Crippen LogP contribution in [-0.2, 0) is 19.1 Å². The maximum Gasteiger partial charge on any atom is 0.418 e. The van der Waals surface area contributed by atoms with E-state index >= 15 is 0 Å². The maximum atomic E-state index is 14.7. The summed E-state index contributed by atoms with van der Waals surface area (Å²) in [7, 11) is 0. The quantitative estimate of drug-likeness (QED) is 0.439. The first kappa shape index (κ1) is 27.1. The first-order chi connectivity index (χ1) is 18.5. The minimum atomic E-state index is -1.40. The number of nitrogens with zero attached hydrogens (tertiary/aromatic N) is 3. The van der Waals surface area contributed by atoms with Crippen molar-refractivity contribution in [3.8, 4) is 0 Å². The van der Waals surface area contributed by atoms with Gasteiger partial charge in [-0.2, -0.15) is 0 Å². The molecule has 0 aromatic heterocycles. The predicted octanol–water partition coefficient (Wildman–Crippen LogP) is 5.22. The summed E-state index contributed by atoms with van der Waals surface area (Å²) >= 11 is 0. The predicted molar refractivity (Wildman–Crippen MR) is 148 cm³/mol. The fraction of sp³-hybridized carbons (Fsp3) is 0.677. The Morgan fingerprint density at radius 1 is 0.900 bits per heavy atom. The Morgan fingerprint density at radius 2 is 1.52 bits per heavy atom. The smallest absolute Gasteiger partial charge is 0.418 e. The SMILES string of the molecule is CC(C)(C)OC(=O)N1c2ccccc2[C@@H]2C[C@]34C(=O)N5CCC[C@@]5(C[C@@H]3C(C)(C)[C@@H]21)C(=O)N4C(=O)OC(C)(C)C. The van der Waals surface area contributed by atoms with Crippen LogP contribution in [0.25, 0.3) is 0 Å². The van der Waals surface area contributed by atoms with Crippen molar-refractivity contribution < 1.29 is 28.7 Å². The van der Waals surface area contributed by atoms with Gasteiger partial charge in [0.2, 0.25) is 5.91 Å². The molecule has 5 fully saturated rings. The highest BCUT2D eigenvalue weighted by atomic mass is 16.6. The van der Waals surface area contributed by atoms with Gasteiger partial charge < -0.3 is 14.4 Å². The third-order valence-electron chi connectivity index (χ3n) is 9.84. The molecule has 5 heterocycles. The van der Waals surface area contributed by atoms with E-state index in [2.05, 4.69) is 13.8 Å². The Balaban J connectivity index is 1.54. The zero-order valence-corrected chi connectivity index (χ0v) is 24.9. The monoisotopic (exact) mass is 551 g/mol. The van der Waals surface area contributed by atoms with Crippen LogP contribution < -0.4 is 4.90 Å². The summed E-state index contributed by atoms with van der Waals surface area (Å²) in [5.41, 5.74) is -2.96. The van der Waals surface area contributed by atoms with Gasteiger partial charge >= 0.3 is 12.2 Å². The third kappa shape index (κ3) is 3.38. The van der Waals surface area contributed by atoms with Gasteiger partial charge in [-0.05, 0) is 84.3 Å². The highest BCUT2D eigenvalue weighted by Gasteiger charge is 2.79. The normalized spacial score (nSPS) is 33.8. The van der Waals surface area contributed by atoms with Crippen LogP contribution in [0.2, 0.25) is 0 Å². The molecule has 2 bridgehead atoms.